The minimum absolute atomic E-state index is 0.0446. The topological polar surface area (TPSA) is 104 Å². The number of benzene rings is 4. The first-order chi connectivity index (χ1) is 21.0. The highest BCUT2D eigenvalue weighted by atomic mass is 16.5. The Bertz CT molecular complexity index is 1890. The van der Waals surface area contributed by atoms with E-state index in [0.717, 1.165) is 81.6 Å². The van der Waals surface area contributed by atoms with Gasteiger partial charge in [0.25, 0.3) is 0 Å². The molecule has 0 amide bonds. The number of aromatic hydroxyl groups is 2. The number of nitrogens with one attached hydrogen (secondary N) is 1. The molecule has 2 aliphatic heterocycles. The highest BCUT2D eigenvalue weighted by Gasteiger charge is 2.40. The van der Waals surface area contributed by atoms with Crippen molar-refractivity contribution in [1.29, 1.82) is 0 Å². The molecule has 0 fully saturated rings. The van der Waals surface area contributed by atoms with Gasteiger partial charge in [0.1, 0.15) is 23.4 Å². The second kappa shape index (κ2) is 9.99. The first kappa shape index (κ1) is 26.0. The zero-order valence-electron chi connectivity index (χ0n) is 23.9. The van der Waals surface area contributed by atoms with E-state index in [4.69, 9.17) is 14.2 Å². The molecule has 3 atom stereocenters. The van der Waals surface area contributed by atoms with Crippen molar-refractivity contribution in [2.24, 2.45) is 0 Å². The van der Waals surface area contributed by atoms with Gasteiger partial charge in [-0.15, -0.1) is 0 Å². The van der Waals surface area contributed by atoms with Crippen molar-refractivity contribution in [3.63, 3.8) is 0 Å². The van der Waals surface area contributed by atoms with Gasteiger partial charge in [0.2, 0.25) is 0 Å². The molecule has 8 rings (SSSR count). The second-order valence-corrected chi connectivity index (χ2v) is 11.9. The first-order valence-corrected chi connectivity index (χ1v) is 14.9. The number of rotatable bonds is 4. The third-order valence-electron chi connectivity index (χ3n) is 9.37. The van der Waals surface area contributed by atoms with Gasteiger partial charge in [-0.05, 0) is 107 Å². The number of ether oxygens (including phenoxy) is 3. The summed E-state index contributed by atoms with van der Waals surface area (Å²) in [5, 5.41) is 33.4. The summed E-state index contributed by atoms with van der Waals surface area (Å²) in [6, 6.07) is 19.4. The standard InChI is InChI=1S/C36H33NO6/c1-41-32-16-21(5-9-30(32)39)34-31(40)18-28-27-15-22(14-19-4-8-29-20(13-19)10-11-37-29)26-17-23(38)6-7-24(26)33(27)36-25(35(28)43-34)3-2-12-42-36/h4-11,13,16-17,22,31,34,37-40H,2-3,12,14-15,18H2,1H3. The van der Waals surface area contributed by atoms with E-state index < -0.39 is 12.2 Å². The number of phenolic OH excluding ortho intramolecular Hbond substituents is 2. The van der Waals surface area contributed by atoms with Crippen LogP contribution in [-0.2, 0) is 25.7 Å². The number of aromatic amines is 1. The average molecular weight is 576 g/mol. The molecular formula is C36H33NO6. The Hall–Kier alpha value is -4.62. The molecule has 0 bridgehead atoms. The summed E-state index contributed by atoms with van der Waals surface area (Å²) in [6.45, 7) is 0.632. The number of methoxy groups -OCH3 is 1. The van der Waals surface area contributed by atoms with Crippen molar-refractivity contribution in [2.75, 3.05) is 13.7 Å². The number of aromatic nitrogens is 1. The Kier molecular flexibility index (Phi) is 6.05. The lowest BCUT2D eigenvalue weighted by atomic mass is 9.72. The SMILES string of the molecule is COc1cc(C2Oc3c(c4c(c5c3CCCO5)-c3ccc(O)cc3C(Cc3ccc5[nH]ccc5c3)C4)CC2O)ccc1O. The van der Waals surface area contributed by atoms with Gasteiger partial charge in [0.15, 0.2) is 11.5 Å². The predicted octanol–water partition coefficient (Wildman–Crippen LogP) is 6.50. The third-order valence-corrected chi connectivity index (χ3v) is 9.37. The number of fused-ring (bicyclic) bond motifs is 9. The van der Waals surface area contributed by atoms with Crippen molar-refractivity contribution in [2.45, 2.75) is 50.2 Å². The molecule has 0 spiro atoms. The molecule has 3 aliphatic rings. The van der Waals surface area contributed by atoms with Crippen molar-refractivity contribution < 1.29 is 29.5 Å². The molecule has 7 nitrogen and oxygen atoms in total. The molecule has 1 aliphatic carbocycles. The quantitative estimate of drug-likeness (QED) is 0.195. The molecule has 3 unspecified atom stereocenters. The van der Waals surface area contributed by atoms with Crippen LogP contribution in [0.25, 0.3) is 22.0 Å². The van der Waals surface area contributed by atoms with Crippen LogP contribution in [0.3, 0.4) is 0 Å². The van der Waals surface area contributed by atoms with Crippen LogP contribution in [0.5, 0.6) is 28.7 Å². The van der Waals surface area contributed by atoms with Gasteiger partial charge in [-0.3, -0.25) is 0 Å². The van der Waals surface area contributed by atoms with Crippen molar-refractivity contribution in [1.82, 2.24) is 4.98 Å². The zero-order chi connectivity index (χ0) is 29.2. The predicted molar refractivity (Wildman–Crippen MR) is 164 cm³/mol. The number of H-pyrrole nitrogens is 1. The monoisotopic (exact) mass is 575 g/mol. The van der Waals surface area contributed by atoms with Gasteiger partial charge in [0, 0.05) is 34.8 Å². The van der Waals surface area contributed by atoms with E-state index in [-0.39, 0.29) is 17.4 Å². The largest absolute Gasteiger partial charge is 0.508 e. The van der Waals surface area contributed by atoms with Gasteiger partial charge < -0.3 is 34.5 Å². The fourth-order valence-corrected chi connectivity index (χ4v) is 7.39. The van der Waals surface area contributed by atoms with Crippen molar-refractivity contribution in [3.8, 4) is 39.9 Å². The van der Waals surface area contributed by atoms with Gasteiger partial charge in [-0.25, -0.2) is 0 Å². The Morgan fingerprint density at radius 2 is 1.84 bits per heavy atom. The van der Waals surface area contributed by atoms with E-state index in [2.05, 4.69) is 29.2 Å². The maximum Gasteiger partial charge on any atom is 0.160 e. The van der Waals surface area contributed by atoms with E-state index in [9.17, 15) is 15.3 Å². The van der Waals surface area contributed by atoms with Crippen LogP contribution in [0.1, 0.15) is 51.8 Å². The second-order valence-electron chi connectivity index (χ2n) is 11.9. The summed E-state index contributed by atoms with van der Waals surface area (Å²) in [4.78, 5) is 3.27. The van der Waals surface area contributed by atoms with Crippen LogP contribution < -0.4 is 14.2 Å². The van der Waals surface area contributed by atoms with E-state index in [0.29, 0.717) is 18.8 Å². The molecule has 218 valence electrons. The highest BCUT2D eigenvalue weighted by Crippen LogP contribution is 2.55. The molecule has 0 saturated carbocycles. The lowest BCUT2D eigenvalue weighted by molar-refractivity contribution is 0.0191. The van der Waals surface area contributed by atoms with E-state index in [1.807, 2.05) is 18.3 Å². The number of hydrogen-bond donors (Lipinski definition) is 4. The molecule has 3 heterocycles. The van der Waals surface area contributed by atoms with Crippen LogP contribution in [0.15, 0.2) is 66.9 Å². The van der Waals surface area contributed by atoms with Gasteiger partial charge in [0.05, 0.1) is 19.8 Å². The summed E-state index contributed by atoms with van der Waals surface area (Å²) < 4.78 is 18.5. The van der Waals surface area contributed by atoms with E-state index in [1.165, 1.54) is 18.1 Å². The number of aliphatic hydroxyl groups is 1. The van der Waals surface area contributed by atoms with Crippen LogP contribution in [0, 0.1) is 0 Å². The van der Waals surface area contributed by atoms with Crippen LogP contribution in [0.4, 0.5) is 0 Å². The highest BCUT2D eigenvalue weighted by molar-refractivity contribution is 5.85. The maximum absolute atomic E-state index is 11.5. The van der Waals surface area contributed by atoms with E-state index in [1.54, 1.807) is 24.3 Å². The zero-order valence-corrected chi connectivity index (χ0v) is 23.9. The van der Waals surface area contributed by atoms with Crippen LogP contribution in [0.2, 0.25) is 0 Å². The molecule has 0 saturated heterocycles. The van der Waals surface area contributed by atoms with Crippen molar-refractivity contribution in [3.05, 3.63) is 100 Å². The molecule has 7 heteroatoms. The molecular weight excluding hydrogens is 542 g/mol. The smallest absolute Gasteiger partial charge is 0.160 e. The molecule has 43 heavy (non-hydrogen) atoms. The molecule has 0 radical (unpaired) electrons. The third kappa shape index (κ3) is 4.21. The minimum Gasteiger partial charge on any atom is -0.508 e. The Labute approximate surface area is 249 Å². The van der Waals surface area contributed by atoms with Gasteiger partial charge in [-0.1, -0.05) is 18.2 Å². The van der Waals surface area contributed by atoms with Gasteiger partial charge in [-0.2, -0.15) is 0 Å². The summed E-state index contributed by atoms with van der Waals surface area (Å²) in [5.41, 5.74) is 9.59. The summed E-state index contributed by atoms with van der Waals surface area (Å²) in [7, 11) is 1.51. The lowest BCUT2D eigenvalue weighted by Gasteiger charge is -2.39. The minimum atomic E-state index is -0.788. The molecule has 4 aromatic carbocycles. The normalized spacial score (nSPS) is 20.3. The fourth-order valence-electron chi connectivity index (χ4n) is 7.39. The molecule has 5 aromatic rings. The Balaban J connectivity index is 1.27. The molecule has 1 aromatic heterocycles. The summed E-state index contributed by atoms with van der Waals surface area (Å²) in [6.07, 6.45) is 4.25. The van der Waals surface area contributed by atoms with E-state index >= 15 is 0 Å². The lowest BCUT2D eigenvalue weighted by Crippen LogP contribution is -2.33. The van der Waals surface area contributed by atoms with Crippen LogP contribution >= 0.6 is 0 Å². The first-order valence-electron chi connectivity index (χ1n) is 14.9. The Morgan fingerprint density at radius 1 is 0.930 bits per heavy atom. The number of aliphatic hydroxyl groups excluding tert-OH is 1. The van der Waals surface area contributed by atoms with Gasteiger partial charge >= 0.3 is 0 Å². The average Bonchev–Trinajstić information content (AvgIpc) is 3.49. The maximum atomic E-state index is 11.5. The summed E-state index contributed by atoms with van der Waals surface area (Å²) in [5.74, 6) is 2.43. The number of hydrogen-bond acceptors (Lipinski definition) is 6. The summed E-state index contributed by atoms with van der Waals surface area (Å²) >= 11 is 0. The molecule has 4 N–H and O–H groups in total. The Morgan fingerprint density at radius 3 is 2.72 bits per heavy atom. The number of phenols is 2. The fraction of sp³-hybridized carbons (Fsp3) is 0.278. The van der Waals surface area contributed by atoms with Crippen LogP contribution in [-0.4, -0.2) is 40.1 Å². The van der Waals surface area contributed by atoms with Crippen molar-refractivity contribution >= 4 is 10.9 Å².